The molecule has 0 aromatic heterocycles. The van der Waals surface area contributed by atoms with Gasteiger partial charge in [-0.25, -0.2) is 0 Å². The number of nitrogens with zero attached hydrogens (tertiary/aromatic N) is 1. The number of carbonyl (C=O) groups excluding carboxylic acids is 1. The van der Waals surface area contributed by atoms with Gasteiger partial charge < -0.3 is 4.74 Å². The number of esters is 1. The molecule has 0 aliphatic carbocycles. The van der Waals surface area contributed by atoms with Crippen molar-refractivity contribution >= 4 is 11.7 Å². The van der Waals surface area contributed by atoms with E-state index < -0.39 is 5.60 Å². The second kappa shape index (κ2) is 5.78. The molecule has 0 aromatic rings. The van der Waals surface area contributed by atoms with Gasteiger partial charge in [-0.3, -0.25) is 9.79 Å². The number of rotatable bonds is 5. The molecule has 0 aliphatic heterocycles. The Morgan fingerprint density at radius 1 is 1.29 bits per heavy atom. The summed E-state index contributed by atoms with van der Waals surface area (Å²) in [5.41, 5.74) is 0.687. The van der Waals surface area contributed by atoms with Crippen LogP contribution < -0.4 is 0 Å². The first-order valence-electron chi connectivity index (χ1n) is 5.13. The second-order valence-corrected chi connectivity index (χ2v) is 3.94. The Kier molecular flexibility index (Phi) is 5.43. The van der Waals surface area contributed by atoms with Gasteiger partial charge in [0.25, 0.3) is 0 Å². The lowest BCUT2D eigenvalue weighted by molar-refractivity contribution is -0.152. The molecule has 0 saturated carbocycles. The van der Waals surface area contributed by atoms with Crippen molar-refractivity contribution in [2.75, 3.05) is 6.54 Å². The van der Waals surface area contributed by atoms with Gasteiger partial charge in [0, 0.05) is 12.6 Å². The second-order valence-electron chi connectivity index (χ2n) is 3.94. The average Bonchev–Trinajstić information content (AvgIpc) is 2.03. The zero-order chi connectivity index (χ0) is 11.2. The minimum atomic E-state index is -0.485. The Morgan fingerprint density at radius 2 is 1.79 bits per heavy atom. The van der Waals surface area contributed by atoms with E-state index in [4.69, 9.17) is 4.74 Å². The maximum absolute atomic E-state index is 10.8. The lowest BCUT2D eigenvalue weighted by Crippen LogP contribution is -2.30. The summed E-state index contributed by atoms with van der Waals surface area (Å²) in [5, 5.41) is 0. The van der Waals surface area contributed by atoms with Gasteiger partial charge in [0.1, 0.15) is 5.60 Å². The summed E-state index contributed by atoms with van der Waals surface area (Å²) < 4.78 is 5.13. The zero-order valence-corrected chi connectivity index (χ0v) is 9.89. The standard InChI is InChI=1S/C11H21NO2/c1-6-10(7-2)12-8-11(4,5)14-9(3)13/h6-8H2,1-5H3. The minimum Gasteiger partial charge on any atom is -0.458 e. The molecule has 0 radical (unpaired) electrons. The third kappa shape index (κ3) is 5.73. The minimum absolute atomic E-state index is 0.250. The van der Waals surface area contributed by atoms with E-state index in [-0.39, 0.29) is 5.97 Å². The van der Waals surface area contributed by atoms with Crippen molar-refractivity contribution in [3.63, 3.8) is 0 Å². The van der Waals surface area contributed by atoms with Crippen LogP contribution in [0.2, 0.25) is 0 Å². The van der Waals surface area contributed by atoms with E-state index in [1.54, 1.807) is 0 Å². The van der Waals surface area contributed by atoms with Crippen LogP contribution in [0.5, 0.6) is 0 Å². The van der Waals surface area contributed by atoms with E-state index in [9.17, 15) is 4.79 Å². The number of hydrogen-bond donors (Lipinski definition) is 0. The first-order valence-corrected chi connectivity index (χ1v) is 5.13. The number of carbonyl (C=O) groups is 1. The van der Waals surface area contributed by atoms with Crippen molar-refractivity contribution < 1.29 is 9.53 Å². The topological polar surface area (TPSA) is 38.7 Å². The van der Waals surface area contributed by atoms with Crippen molar-refractivity contribution in [2.24, 2.45) is 4.99 Å². The van der Waals surface area contributed by atoms with Crippen molar-refractivity contribution in [3.05, 3.63) is 0 Å². The van der Waals surface area contributed by atoms with Gasteiger partial charge in [0.15, 0.2) is 0 Å². The average molecular weight is 199 g/mol. The fraction of sp³-hybridized carbons (Fsp3) is 0.818. The van der Waals surface area contributed by atoms with E-state index in [1.807, 2.05) is 13.8 Å². The Morgan fingerprint density at radius 3 is 2.14 bits per heavy atom. The van der Waals surface area contributed by atoms with Gasteiger partial charge in [0.05, 0.1) is 6.54 Å². The maximum atomic E-state index is 10.8. The summed E-state index contributed by atoms with van der Waals surface area (Å²) >= 11 is 0. The third-order valence-electron chi connectivity index (χ3n) is 1.92. The number of ether oxygens (including phenoxy) is 1. The molecule has 3 nitrogen and oxygen atoms in total. The number of hydrogen-bond acceptors (Lipinski definition) is 3. The Balaban J connectivity index is 4.21. The van der Waals surface area contributed by atoms with E-state index >= 15 is 0 Å². The molecule has 0 N–H and O–H groups in total. The highest BCUT2D eigenvalue weighted by Gasteiger charge is 2.20. The highest BCUT2D eigenvalue weighted by Crippen LogP contribution is 2.10. The quantitative estimate of drug-likeness (QED) is 0.504. The maximum Gasteiger partial charge on any atom is 0.303 e. The summed E-state index contributed by atoms with van der Waals surface area (Å²) in [6, 6.07) is 0. The van der Waals surface area contributed by atoms with E-state index in [1.165, 1.54) is 12.6 Å². The van der Waals surface area contributed by atoms with Crippen LogP contribution in [0.1, 0.15) is 47.5 Å². The fourth-order valence-electron chi connectivity index (χ4n) is 1.20. The van der Waals surface area contributed by atoms with Crippen LogP contribution in [-0.4, -0.2) is 23.8 Å². The van der Waals surface area contributed by atoms with Crippen molar-refractivity contribution in [1.82, 2.24) is 0 Å². The summed E-state index contributed by atoms with van der Waals surface area (Å²) in [7, 11) is 0. The molecule has 0 saturated heterocycles. The lowest BCUT2D eigenvalue weighted by Gasteiger charge is -2.22. The molecule has 3 heteroatoms. The molecule has 0 bridgehead atoms. The molecule has 0 fully saturated rings. The smallest absolute Gasteiger partial charge is 0.303 e. The van der Waals surface area contributed by atoms with Crippen molar-refractivity contribution in [1.29, 1.82) is 0 Å². The predicted molar refractivity (Wildman–Crippen MR) is 58.7 cm³/mol. The van der Waals surface area contributed by atoms with Crippen LogP contribution in [0.15, 0.2) is 4.99 Å². The molecule has 0 aromatic carbocycles. The van der Waals surface area contributed by atoms with E-state index in [2.05, 4.69) is 18.8 Å². The van der Waals surface area contributed by atoms with Crippen LogP contribution in [0, 0.1) is 0 Å². The first-order chi connectivity index (χ1) is 6.41. The molecular formula is C11H21NO2. The third-order valence-corrected chi connectivity index (χ3v) is 1.92. The summed E-state index contributed by atoms with van der Waals surface area (Å²) in [5.74, 6) is -0.250. The molecule has 14 heavy (non-hydrogen) atoms. The highest BCUT2D eigenvalue weighted by molar-refractivity contribution is 5.83. The molecule has 0 heterocycles. The first kappa shape index (κ1) is 13.1. The van der Waals surface area contributed by atoms with Crippen LogP contribution in [0.25, 0.3) is 0 Å². The van der Waals surface area contributed by atoms with Crippen molar-refractivity contribution in [3.8, 4) is 0 Å². The monoisotopic (exact) mass is 199 g/mol. The predicted octanol–water partition coefficient (Wildman–Crippen LogP) is 2.59. The van der Waals surface area contributed by atoms with Gasteiger partial charge in [-0.2, -0.15) is 0 Å². The Bertz CT molecular complexity index is 213. The van der Waals surface area contributed by atoms with E-state index in [0.29, 0.717) is 6.54 Å². The highest BCUT2D eigenvalue weighted by atomic mass is 16.6. The van der Waals surface area contributed by atoms with Crippen LogP contribution in [0.3, 0.4) is 0 Å². The number of aliphatic imine (C=N–C) groups is 1. The summed E-state index contributed by atoms with van der Waals surface area (Å²) in [6.45, 7) is 9.89. The molecule has 0 amide bonds. The Labute approximate surface area is 86.6 Å². The largest absolute Gasteiger partial charge is 0.458 e. The van der Waals surface area contributed by atoms with Crippen LogP contribution >= 0.6 is 0 Å². The summed E-state index contributed by atoms with van der Waals surface area (Å²) in [4.78, 5) is 15.2. The molecular weight excluding hydrogens is 178 g/mol. The molecule has 82 valence electrons. The van der Waals surface area contributed by atoms with Crippen LogP contribution in [0.4, 0.5) is 0 Å². The van der Waals surface area contributed by atoms with Crippen LogP contribution in [-0.2, 0) is 9.53 Å². The normalized spacial score (nSPS) is 10.9. The molecule has 0 spiro atoms. The van der Waals surface area contributed by atoms with Gasteiger partial charge in [-0.1, -0.05) is 13.8 Å². The van der Waals surface area contributed by atoms with Gasteiger partial charge in [0.2, 0.25) is 0 Å². The van der Waals surface area contributed by atoms with Gasteiger partial charge in [-0.05, 0) is 26.7 Å². The Hall–Kier alpha value is -0.860. The molecule has 0 atom stereocenters. The van der Waals surface area contributed by atoms with Gasteiger partial charge >= 0.3 is 5.97 Å². The van der Waals surface area contributed by atoms with Crippen molar-refractivity contribution in [2.45, 2.75) is 53.1 Å². The van der Waals surface area contributed by atoms with Gasteiger partial charge in [-0.15, -0.1) is 0 Å². The lowest BCUT2D eigenvalue weighted by atomic mass is 10.1. The fourth-order valence-corrected chi connectivity index (χ4v) is 1.20. The zero-order valence-electron chi connectivity index (χ0n) is 9.89. The summed E-state index contributed by atoms with van der Waals surface area (Å²) in [6.07, 6.45) is 1.93. The molecule has 0 aliphatic rings. The molecule has 0 unspecified atom stereocenters. The van der Waals surface area contributed by atoms with E-state index in [0.717, 1.165) is 12.8 Å². The SMILES string of the molecule is CCC(CC)=NCC(C)(C)OC(C)=O. The molecule has 0 rings (SSSR count).